The maximum absolute atomic E-state index is 12.4. The normalized spacial score (nSPS) is 15.4. The first-order valence-corrected chi connectivity index (χ1v) is 8.63. The first-order valence-electron chi connectivity index (χ1n) is 7.88. The Morgan fingerprint density at radius 1 is 1.28 bits per heavy atom. The molecule has 0 aromatic carbocycles. The molecule has 3 heterocycles. The van der Waals surface area contributed by atoms with E-state index in [2.05, 4.69) is 20.2 Å². The second-order valence-electron chi connectivity index (χ2n) is 6.07. The van der Waals surface area contributed by atoms with Gasteiger partial charge in [-0.05, 0) is 25.8 Å². The van der Waals surface area contributed by atoms with E-state index in [0.717, 1.165) is 18.7 Å². The summed E-state index contributed by atoms with van der Waals surface area (Å²) in [5.74, 6) is -0.454. The number of hydrogen-bond donors (Lipinski definition) is 4. The number of aromatic nitrogens is 2. The van der Waals surface area contributed by atoms with Crippen LogP contribution in [0.4, 0.5) is 5.82 Å². The van der Waals surface area contributed by atoms with Crippen LogP contribution in [-0.4, -0.2) is 46.1 Å². The molecule has 1 fully saturated rings. The Kier molecular flexibility index (Phi) is 4.96. The Morgan fingerprint density at radius 3 is 2.48 bits per heavy atom. The second kappa shape index (κ2) is 7.01. The minimum absolute atomic E-state index is 0.0242. The highest BCUT2D eigenvalue weighted by Gasteiger charge is 2.25. The van der Waals surface area contributed by atoms with Crippen LogP contribution in [-0.2, 0) is 0 Å². The first-order chi connectivity index (χ1) is 11.9. The van der Waals surface area contributed by atoms with Gasteiger partial charge in [-0.15, -0.1) is 0 Å². The number of carbonyl (C=O) groups is 2. The van der Waals surface area contributed by atoms with Crippen LogP contribution in [0.1, 0.15) is 39.4 Å². The maximum atomic E-state index is 12.4. The summed E-state index contributed by atoms with van der Waals surface area (Å²) in [6.07, 6.45) is 2.97. The highest BCUT2D eigenvalue weighted by molar-refractivity contribution is 6.44. The number of hydrogen-bond acceptors (Lipinski definition) is 3. The van der Waals surface area contributed by atoms with Gasteiger partial charge < -0.3 is 25.3 Å². The number of nitrogens with zero attached hydrogens (tertiary/aromatic N) is 1. The Morgan fingerprint density at radius 2 is 1.96 bits per heavy atom. The average Bonchev–Trinajstić information content (AvgIpc) is 3.17. The molecule has 1 aliphatic heterocycles. The highest BCUT2D eigenvalue weighted by Crippen LogP contribution is 2.29. The molecular formula is C16H18Cl2N4O3. The van der Waals surface area contributed by atoms with Crippen molar-refractivity contribution in [1.29, 1.82) is 0 Å². The molecule has 9 heteroatoms. The number of piperidine rings is 1. The van der Waals surface area contributed by atoms with Crippen molar-refractivity contribution in [3.05, 3.63) is 39.3 Å². The number of aromatic amines is 2. The number of carbonyl (C=O) groups excluding carboxylic acids is 1. The van der Waals surface area contributed by atoms with E-state index in [1.165, 1.54) is 6.20 Å². The molecule has 25 heavy (non-hydrogen) atoms. The van der Waals surface area contributed by atoms with Crippen LogP contribution < -0.4 is 10.2 Å². The van der Waals surface area contributed by atoms with Gasteiger partial charge in [0.05, 0.1) is 15.6 Å². The van der Waals surface area contributed by atoms with E-state index in [-0.39, 0.29) is 28.2 Å². The highest BCUT2D eigenvalue weighted by atomic mass is 35.5. The van der Waals surface area contributed by atoms with E-state index < -0.39 is 5.97 Å². The lowest BCUT2D eigenvalue weighted by Crippen LogP contribution is -2.45. The van der Waals surface area contributed by atoms with Crippen molar-refractivity contribution < 1.29 is 14.7 Å². The van der Waals surface area contributed by atoms with E-state index in [9.17, 15) is 9.59 Å². The number of amides is 1. The molecule has 134 valence electrons. The molecule has 1 saturated heterocycles. The molecule has 1 aliphatic rings. The number of H-pyrrole nitrogens is 2. The van der Waals surface area contributed by atoms with Gasteiger partial charge in [0, 0.05) is 31.0 Å². The van der Waals surface area contributed by atoms with Gasteiger partial charge in [0.2, 0.25) is 0 Å². The SMILES string of the molecule is Cc1[nH]c(C(=O)NC2CCN(c3cc(C(=O)O)c[nH]3)CC2)c(Cl)c1Cl. The molecule has 0 atom stereocenters. The van der Waals surface area contributed by atoms with Crippen molar-refractivity contribution in [1.82, 2.24) is 15.3 Å². The molecule has 4 N–H and O–H groups in total. The largest absolute Gasteiger partial charge is 0.478 e. The molecule has 1 amide bonds. The zero-order chi connectivity index (χ0) is 18.1. The number of carboxylic acids is 1. The van der Waals surface area contributed by atoms with Gasteiger partial charge in [-0.2, -0.15) is 0 Å². The fourth-order valence-corrected chi connectivity index (χ4v) is 3.36. The van der Waals surface area contributed by atoms with Crippen LogP contribution in [0.25, 0.3) is 0 Å². The number of carboxylic acid groups (broad SMARTS) is 1. The van der Waals surface area contributed by atoms with Gasteiger partial charge >= 0.3 is 5.97 Å². The van der Waals surface area contributed by atoms with Crippen molar-refractivity contribution in [3.8, 4) is 0 Å². The topological polar surface area (TPSA) is 101 Å². The lowest BCUT2D eigenvalue weighted by atomic mass is 10.0. The molecule has 0 unspecified atom stereocenters. The van der Waals surface area contributed by atoms with Crippen LogP contribution in [0, 0.1) is 6.92 Å². The predicted molar refractivity (Wildman–Crippen MR) is 96.0 cm³/mol. The Bertz CT molecular complexity index is 806. The predicted octanol–water partition coefficient (Wildman–Crippen LogP) is 3.06. The monoisotopic (exact) mass is 384 g/mol. The fraction of sp³-hybridized carbons (Fsp3) is 0.375. The standard InChI is InChI=1S/C16H18Cl2N4O3/c1-8-12(17)13(18)14(20-8)15(23)21-10-2-4-22(5-3-10)11-6-9(7-19-11)16(24)25/h6-7,10,19-20H,2-5H2,1H3,(H,21,23)(H,24,25). The van der Waals surface area contributed by atoms with Crippen molar-refractivity contribution in [2.24, 2.45) is 0 Å². The number of anilines is 1. The summed E-state index contributed by atoms with van der Waals surface area (Å²) in [4.78, 5) is 31.3. The smallest absolute Gasteiger partial charge is 0.337 e. The Balaban J connectivity index is 1.57. The quantitative estimate of drug-likeness (QED) is 0.650. The first kappa shape index (κ1) is 17.7. The van der Waals surface area contributed by atoms with E-state index in [4.69, 9.17) is 28.3 Å². The van der Waals surface area contributed by atoms with Crippen LogP contribution in [0.5, 0.6) is 0 Å². The molecule has 7 nitrogen and oxygen atoms in total. The van der Waals surface area contributed by atoms with Crippen molar-refractivity contribution in [2.75, 3.05) is 18.0 Å². The van der Waals surface area contributed by atoms with Crippen molar-refractivity contribution >= 4 is 40.9 Å². The number of aryl methyl sites for hydroxylation is 1. The number of aromatic carboxylic acids is 1. The summed E-state index contributed by atoms with van der Waals surface area (Å²) < 4.78 is 0. The minimum atomic E-state index is -0.957. The van der Waals surface area contributed by atoms with Crippen LogP contribution >= 0.6 is 23.2 Å². The third-order valence-electron chi connectivity index (χ3n) is 4.37. The van der Waals surface area contributed by atoms with Crippen molar-refractivity contribution in [3.63, 3.8) is 0 Å². The van der Waals surface area contributed by atoms with Gasteiger partial charge in [0.25, 0.3) is 5.91 Å². The Hall–Kier alpha value is -2.12. The van der Waals surface area contributed by atoms with Crippen LogP contribution in [0.3, 0.4) is 0 Å². The van der Waals surface area contributed by atoms with E-state index in [1.807, 2.05) is 0 Å². The number of rotatable bonds is 4. The summed E-state index contributed by atoms with van der Waals surface area (Å²) in [7, 11) is 0. The molecule has 2 aromatic heterocycles. The van der Waals surface area contributed by atoms with Crippen LogP contribution in [0.2, 0.25) is 10.0 Å². The summed E-state index contributed by atoms with van der Waals surface area (Å²) in [6, 6.07) is 1.64. The third-order valence-corrected chi connectivity index (χ3v) is 5.31. The lowest BCUT2D eigenvalue weighted by molar-refractivity contribution is 0.0696. The van der Waals surface area contributed by atoms with Gasteiger partial charge in [-0.3, -0.25) is 4.79 Å². The second-order valence-corrected chi connectivity index (χ2v) is 6.82. The molecule has 2 aromatic rings. The summed E-state index contributed by atoms with van der Waals surface area (Å²) in [6.45, 7) is 3.18. The zero-order valence-corrected chi connectivity index (χ0v) is 15.0. The van der Waals surface area contributed by atoms with Gasteiger partial charge in [0.1, 0.15) is 11.5 Å². The summed E-state index contributed by atoms with van der Waals surface area (Å²) in [5, 5.41) is 12.5. The van der Waals surface area contributed by atoms with Crippen LogP contribution in [0.15, 0.2) is 12.3 Å². The summed E-state index contributed by atoms with van der Waals surface area (Å²) >= 11 is 12.1. The van der Waals surface area contributed by atoms with Gasteiger partial charge in [0.15, 0.2) is 0 Å². The molecular weight excluding hydrogens is 367 g/mol. The van der Waals surface area contributed by atoms with E-state index in [1.54, 1.807) is 13.0 Å². The van der Waals surface area contributed by atoms with Crippen molar-refractivity contribution in [2.45, 2.75) is 25.8 Å². The molecule has 3 rings (SSSR count). The minimum Gasteiger partial charge on any atom is -0.478 e. The summed E-state index contributed by atoms with van der Waals surface area (Å²) in [5.41, 5.74) is 1.17. The molecule has 0 saturated carbocycles. The average molecular weight is 385 g/mol. The third kappa shape index (κ3) is 3.62. The fourth-order valence-electron chi connectivity index (χ4n) is 2.94. The lowest BCUT2D eigenvalue weighted by Gasteiger charge is -2.33. The van der Waals surface area contributed by atoms with Gasteiger partial charge in [-0.25, -0.2) is 4.79 Å². The van der Waals surface area contributed by atoms with E-state index >= 15 is 0 Å². The molecule has 0 bridgehead atoms. The van der Waals surface area contributed by atoms with E-state index in [0.29, 0.717) is 23.8 Å². The molecule has 0 radical (unpaired) electrons. The molecule has 0 aliphatic carbocycles. The number of halogens is 2. The van der Waals surface area contributed by atoms with Gasteiger partial charge in [-0.1, -0.05) is 23.2 Å². The zero-order valence-electron chi connectivity index (χ0n) is 13.5. The number of nitrogens with one attached hydrogen (secondary N) is 3. The maximum Gasteiger partial charge on any atom is 0.337 e. The molecule has 0 spiro atoms. The Labute approximate surface area is 154 Å².